The molecule has 0 fully saturated rings. The third kappa shape index (κ3) is 2.77. The highest BCUT2D eigenvalue weighted by Gasteiger charge is 2.14. The van der Waals surface area contributed by atoms with Crippen LogP contribution in [0.25, 0.3) is 5.65 Å². The van der Waals surface area contributed by atoms with Gasteiger partial charge in [0.25, 0.3) is 0 Å². The number of imidazole rings is 1. The number of carbonyl (C=O) groups is 1. The van der Waals surface area contributed by atoms with Gasteiger partial charge in [-0.05, 0) is 12.1 Å². The van der Waals surface area contributed by atoms with E-state index in [0.29, 0.717) is 16.4 Å². The molecule has 8 heteroatoms. The molecule has 3 heterocycles. The average Bonchev–Trinajstić information content (AvgIpc) is 2.87. The van der Waals surface area contributed by atoms with Gasteiger partial charge >= 0.3 is 5.97 Å². The first-order chi connectivity index (χ1) is 10.1. The van der Waals surface area contributed by atoms with Crippen LogP contribution in [0, 0.1) is 0 Å². The average molecular weight is 304 g/mol. The van der Waals surface area contributed by atoms with Crippen molar-refractivity contribution in [2.45, 2.75) is 6.61 Å². The van der Waals surface area contributed by atoms with Crippen molar-refractivity contribution in [1.82, 2.24) is 19.4 Å². The second-order valence-electron chi connectivity index (χ2n) is 4.21. The Morgan fingerprint density at radius 2 is 2.10 bits per heavy atom. The third-order valence-electron chi connectivity index (χ3n) is 2.74. The molecule has 0 saturated carbocycles. The second kappa shape index (κ2) is 5.37. The molecule has 0 spiro atoms. The van der Waals surface area contributed by atoms with Gasteiger partial charge in [-0.3, -0.25) is 0 Å². The minimum absolute atomic E-state index is 0.00808. The largest absolute Gasteiger partial charge is 0.454 e. The fourth-order valence-corrected chi connectivity index (χ4v) is 1.97. The molecule has 0 aliphatic heterocycles. The summed E-state index contributed by atoms with van der Waals surface area (Å²) in [5, 5.41) is 0.593. The highest BCUT2D eigenvalue weighted by molar-refractivity contribution is 6.30. The van der Waals surface area contributed by atoms with Crippen LogP contribution in [-0.4, -0.2) is 25.3 Å². The Morgan fingerprint density at radius 1 is 1.29 bits per heavy atom. The summed E-state index contributed by atoms with van der Waals surface area (Å²) >= 11 is 5.89. The molecule has 0 aromatic carbocycles. The Bertz CT molecular complexity index is 817. The number of aromatic nitrogens is 4. The van der Waals surface area contributed by atoms with Gasteiger partial charge in [-0.15, -0.1) is 0 Å². The zero-order chi connectivity index (χ0) is 14.8. The Labute approximate surface area is 124 Å². The topological polar surface area (TPSA) is 95.4 Å². The van der Waals surface area contributed by atoms with Gasteiger partial charge < -0.3 is 14.9 Å². The van der Waals surface area contributed by atoms with E-state index < -0.39 is 5.97 Å². The van der Waals surface area contributed by atoms with Crippen molar-refractivity contribution in [2.75, 3.05) is 5.73 Å². The predicted octanol–water partition coefficient (Wildman–Crippen LogP) is 1.72. The summed E-state index contributed by atoms with van der Waals surface area (Å²) in [5.41, 5.74) is 6.85. The maximum absolute atomic E-state index is 11.8. The fraction of sp³-hybridized carbons (Fsp3) is 0.0769. The zero-order valence-corrected chi connectivity index (χ0v) is 11.5. The van der Waals surface area contributed by atoms with Crippen molar-refractivity contribution in [3.8, 4) is 0 Å². The van der Waals surface area contributed by atoms with Gasteiger partial charge in [-0.1, -0.05) is 11.6 Å². The van der Waals surface area contributed by atoms with Crippen LogP contribution in [-0.2, 0) is 11.3 Å². The SMILES string of the molecule is Nc1nccnc1C(=O)OCc1cn2cc(Cl)ccc2n1. The normalized spacial score (nSPS) is 10.7. The number of nitrogens with zero attached hydrogens (tertiary/aromatic N) is 4. The standard InChI is InChI=1S/C13H10ClN5O2/c14-8-1-2-10-18-9(6-19(10)5-8)7-21-13(20)11-12(15)17-4-3-16-11/h1-6H,7H2,(H2,15,17). The number of nitrogens with two attached hydrogens (primary N) is 1. The van der Waals surface area contributed by atoms with Gasteiger partial charge in [0.05, 0.1) is 10.7 Å². The number of ether oxygens (including phenoxy) is 1. The van der Waals surface area contributed by atoms with Crippen LogP contribution in [0.2, 0.25) is 5.02 Å². The smallest absolute Gasteiger partial charge is 0.361 e. The summed E-state index contributed by atoms with van der Waals surface area (Å²) in [7, 11) is 0. The molecule has 2 N–H and O–H groups in total. The minimum Gasteiger partial charge on any atom is -0.454 e. The maximum Gasteiger partial charge on any atom is 0.361 e. The van der Waals surface area contributed by atoms with E-state index in [1.54, 1.807) is 28.9 Å². The number of nitrogen functional groups attached to an aromatic ring is 1. The molecule has 0 aliphatic rings. The lowest BCUT2D eigenvalue weighted by molar-refractivity contribution is 0.0462. The molecule has 0 saturated heterocycles. The van der Waals surface area contributed by atoms with Gasteiger partial charge in [0.1, 0.15) is 12.3 Å². The summed E-state index contributed by atoms with van der Waals surface area (Å²) in [4.78, 5) is 23.8. The molecule has 0 aliphatic carbocycles. The number of fused-ring (bicyclic) bond motifs is 1. The van der Waals surface area contributed by atoms with Crippen molar-refractivity contribution >= 4 is 29.0 Å². The monoisotopic (exact) mass is 303 g/mol. The lowest BCUT2D eigenvalue weighted by Gasteiger charge is -2.03. The first kappa shape index (κ1) is 13.3. The van der Waals surface area contributed by atoms with Crippen molar-refractivity contribution in [3.63, 3.8) is 0 Å². The van der Waals surface area contributed by atoms with E-state index in [2.05, 4.69) is 15.0 Å². The van der Waals surface area contributed by atoms with E-state index >= 15 is 0 Å². The Balaban J connectivity index is 1.74. The summed E-state index contributed by atoms with van der Waals surface area (Å²) in [6, 6.07) is 3.51. The summed E-state index contributed by atoms with van der Waals surface area (Å²) in [6.45, 7) is 0.00808. The van der Waals surface area contributed by atoms with Gasteiger partial charge in [0, 0.05) is 24.8 Å². The molecule has 0 unspecified atom stereocenters. The van der Waals surface area contributed by atoms with Crippen molar-refractivity contribution < 1.29 is 9.53 Å². The van der Waals surface area contributed by atoms with Gasteiger partial charge in [0.2, 0.25) is 0 Å². The van der Waals surface area contributed by atoms with Crippen LogP contribution in [0.1, 0.15) is 16.2 Å². The maximum atomic E-state index is 11.8. The minimum atomic E-state index is -0.643. The molecule has 7 nitrogen and oxygen atoms in total. The Kier molecular flexibility index (Phi) is 3.41. The molecule has 0 amide bonds. The van der Waals surface area contributed by atoms with Crippen molar-refractivity contribution in [2.24, 2.45) is 0 Å². The molecule has 3 aromatic heterocycles. The fourth-order valence-electron chi connectivity index (χ4n) is 1.80. The number of carbonyl (C=O) groups excluding carboxylic acids is 1. The van der Waals surface area contributed by atoms with Gasteiger partial charge in [-0.2, -0.15) is 0 Å². The second-order valence-corrected chi connectivity index (χ2v) is 4.65. The Morgan fingerprint density at radius 3 is 2.90 bits per heavy atom. The number of pyridine rings is 1. The van der Waals surface area contributed by atoms with Crippen molar-refractivity contribution in [3.05, 3.63) is 53.3 Å². The van der Waals surface area contributed by atoms with Crippen molar-refractivity contribution in [1.29, 1.82) is 0 Å². The number of esters is 1. The molecule has 21 heavy (non-hydrogen) atoms. The van der Waals surface area contributed by atoms with Gasteiger partial charge in [0.15, 0.2) is 11.5 Å². The molecular formula is C13H10ClN5O2. The van der Waals surface area contributed by atoms with Crippen LogP contribution in [0.5, 0.6) is 0 Å². The number of hydrogen-bond acceptors (Lipinski definition) is 6. The summed E-state index contributed by atoms with van der Waals surface area (Å²) in [5.74, 6) is -0.611. The summed E-state index contributed by atoms with van der Waals surface area (Å²) < 4.78 is 6.88. The van der Waals surface area contributed by atoms with Crippen LogP contribution < -0.4 is 5.73 Å². The molecule has 0 radical (unpaired) electrons. The summed E-state index contributed by atoms with van der Waals surface area (Å²) in [6.07, 6.45) is 6.22. The zero-order valence-electron chi connectivity index (χ0n) is 10.7. The number of rotatable bonds is 3. The van der Waals surface area contributed by atoms with E-state index in [1.165, 1.54) is 12.4 Å². The van der Waals surface area contributed by atoms with Gasteiger partial charge in [-0.25, -0.2) is 19.7 Å². The number of hydrogen-bond donors (Lipinski definition) is 1. The number of halogens is 1. The van der Waals surface area contributed by atoms with Crippen LogP contribution in [0.3, 0.4) is 0 Å². The number of anilines is 1. The van der Waals surface area contributed by atoms with E-state index in [1.807, 2.05) is 0 Å². The third-order valence-corrected chi connectivity index (χ3v) is 2.96. The van der Waals surface area contributed by atoms with Crippen LogP contribution >= 0.6 is 11.6 Å². The Hall–Kier alpha value is -2.67. The lowest BCUT2D eigenvalue weighted by atomic mass is 10.4. The molecular weight excluding hydrogens is 294 g/mol. The first-order valence-corrected chi connectivity index (χ1v) is 6.38. The van der Waals surface area contributed by atoms with Crippen LogP contribution in [0.4, 0.5) is 5.82 Å². The predicted molar refractivity (Wildman–Crippen MR) is 75.8 cm³/mol. The molecule has 106 valence electrons. The quantitative estimate of drug-likeness (QED) is 0.740. The first-order valence-electron chi connectivity index (χ1n) is 6.00. The highest BCUT2D eigenvalue weighted by atomic mass is 35.5. The lowest BCUT2D eigenvalue weighted by Crippen LogP contribution is -2.11. The molecule has 0 bridgehead atoms. The van der Waals surface area contributed by atoms with E-state index in [0.717, 1.165) is 0 Å². The van der Waals surface area contributed by atoms with E-state index in [4.69, 9.17) is 22.1 Å². The molecule has 3 rings (SSSR count). The van der Waals surface area contributed by atoms with E-state index in [-0.39, 0.29) is 18.1 Å². The molecule has 3 aromatic rings. The van der Waals surface area contributed by atoms with E-state index in [9.17, 15) is 4.79 Å². The van der Waals surface area contributed by atoms with Crippen LogP contribution in [0.15, 0.2) is 36.9 Å². The highest BCUT2D eigenvalue weighted by Crippen LogP contribution is 2.13. The molecule has 0 atom stereocenters.